The van der Waals surface area contributed by atoms with Crippen molar-refractivity contribution in [2.45, 2.75) is 17.9 Å². The second-order valence-corrected chi connectivity index (χ2v) is 5.91. The molecule has 4 nitrogen and oxygen atoms in total. The molecular formula is C18H15F2NO3S. The number of benzene rings is 2. The van der Waals surface area contributed by atoms with E-state index < -0.39 is 29.6 Å². The lowest BCUT2D eigenvalue weighted by molar-refractivity contribution is -0.148. The molecule has 0 aliphatic rings. The molecule has 0 unspecified atom stereocenters. The lowest BCUT2D eigenvalue weighted by atomic mass is 10.2. The molecule has 0 aliphatic carbocycles. The summed E-state index contributed by atoms with van der Waals surface area (Å²) in [7, 11) is 0. The van der Waals surface area contributed by atoms with Crippen LogP contribution in [-0.4, -0.2) is 18.0 Å². The minimum absolute atomic E-state index is 0.317. The van der Waals surface area contributed by atoms with Crippen LogP contribution < -0.4 is 5.32 Å². The van der Waals surface area contributed by atoms with E-state index in [1.54, 1.807) is 0 Å². The van der Waals surface area contributed by atoms with Gasteiger partial charge in [0.05, 0.1) is 5.69 Å². The summed E-state index contributed by atoms with van der Waals surface area (Å²) in [4.78, 5) is 24.5. The summed E-state index contributed by atoms with van der Waals surface area (Å²) in [5.41, 5.74) is -0.317. The molecule has 0 radical (unpaired) electrons. The number of hydrogen-bond donors (Lipinski definition) is 1. The first-order chi connectivity index (χ1) is 12.0. The van der Waals surface area contributed by atoms with Gasteiger partial charge in [0.15, 0.2) is 6.10 Å². The van der Waals surface area contributed by atoms with Gasteiger partial charge in [0, 0.05) is 17.0 Å². The molecule has 0 spiro atoms. The van der Waals surface area contributed by atoms with Crippen LogP contribution in [0.4, 0.5) is 14.5 Å². The first-order valence-electron chi connectivity index (χ1n) is 7.30. The molecule has 2 rings (SSSR count). The van der Waals surface area contributed by atoms with Crippen LogP contribution in [0.1, 0.15) is 6.92 Å². The predicted octanol–water partition coefficient (Wildman–Crippen LogP) is 4.14. The fourth-order valence-corrected chi connectivity index (χ4v) is 2.41. The molecule has 0 heterocycles. The molecule has 1 atom stereocenters. The van der Waals surface area contributed by atoms with Crippen molar-refractivity contribution in [1.82, 2.24) is 0 Å². The minimum Gasteiger partial charge on any atom is -0.449 e. The first-order valence-corrected chi connectivity index (χ1v) is 8.18. The van der Waals surface area contributed by atoms with Crippen LogP contribution in [0.15, 0.2) is 64.9 Å². The Morgan fingerprint density at radius 2 is 1.88 bits per heavy atom. The summed E-state index contributed by atoms with van der Waals surface area (Å²) >= 11 is 1.32. The third-order valence-corrected chi connectivity index (χ3v) is 3.82. The predicted molar refractivity (Wildman–Crippen MR) is 92.0 cm³/mol. The van der Waals surface area contributed by atoms with Gasteiger partial charge < -0.3 is 10.1 Å². The molecule has 2 aromatic rings. The largest absolute Gasteiger partial charge is 0.449 e. The number of hydrogen-bond acceptors (Lipinski definition) is 4. The molecule has 130 valence electrons. The number of ether oxygens (including phenoxy) is 1. The van der Waals surface area contributed by atoms with E-state index in [1.807, 2.05) is 30.3 Å². The van der Waals surface area contributed by atoms with Gasteiger partial charge in [0.25, 0.3) is 5.91 Å². The Bertz CT molecular complexity index is 781. The highest BCUT2D eigenvalue weighted by Gasteiger charge is 2.18. The summed E-state index contributed by atoms with van der Waals surface area (Å²) in [6.07, 6.45) is 0.0195. The molecule has 25 heavy (non-hydrogen) atoms. The molecule has 0 saturated heterocycles. The Morgan fingerprint density at radius 1 is 1.16 bits per heavy atom. The monoisotopic (exact) mass is 363 g/mol. The Labute approximate surface area is 147 Å². The fraction of sp³-hybridized carbons (Fsp3) is 0.111. The van der Waals surface area contributed by atoms with Crippen molar-refractivity contribution in [2.75, 3.05) is 5.32 Å². The third kappa shape index (κ3) is 6.04. The van der Waals surface area contributed by atoms with E-state index in [4.69, 9.17) is 4.74 Å². The zero-order valence-corrected chi connectivity index (χ0v) is 14.1. The molecule has 0 fully saturated rings. The van der Waals surface area contributed by atoms with Crippen molar-refractivity contribution in [3.05, 3.63) is 71.6 Å². The highest BCUT2D eigenvalue weighted by atomic mass is 32.2. The summed E-state index contributed by atoms with van der Waals surface area (Å²) in [5.74, 6) is -2.96. The lowest BCUT2D eigenvalue weighted by Gasteiger charge is -2.12. The summed E-state index contributed by atoms with van der Waals surface area (Å²) in [5, 5.41) is 3.71. The van der Waals surface area contributed by atoms with E-state index in [-0.39, 0.29) is 5.69 Å². The van der Waals surface area contributed by atoms with Gasteiger partial charge in [-0.2, -0.15) is 0 Å². The van der Waals surface area contributed by atoms with Gasteiger partial charge in [-0.25, -0.2) is 13.6 Å². The number of anilines is 1. The average molecular weight is 363 g/mol. The highest BCUT2D eigenvalue weighted by molar-refractivity contribution is 8.02. The molecule has 2 aromatic carbocycles. The van der Waals surface area contributed by atoms with E-state index >= 15 is 0 Å². The van der Waals surface area contributed by atoms with Gasteiger partial charge in [-0.1, -0.05) is 30.0 Å². The normalized spacial score (nSPS) is 12.0. The van der Waals surface area contributed by atoms with Crippen LogP contribution in [0.2, 0.25) is 0 Å². The van der Waals surface area contributed by atoms with E-state index in [1.165, 1.54) is 30.2 Å². The molecule has 1 amide bonds. The lowest BCUT2D eigenvalue weighted by Crippen LogP contribution is -2.29. The fourth-order valence-electron chi connectivity index (χ4n) is 1.76. The van der Waals surface area contributed by atoms with E-state index in [0.29, 0.717) is 0 Å². The van der Waals surface area contributed by atoms with Crippen LogP contribution >= 0.6 is 11.8 Å². The molecule has 0 aromatic heterocycles. The van der Waals surface area contributed by atoms with Crippen LogP contribution in [0.5, 0.6) is 0 Å². The average Bonchev–Trinajstić information content (AvgIpc) is 2.59. The number of esters is 1. The van der Waals surface area contributed by atoms with E-state index in [2.05, 4.69) is 5.32 Å². The van der Waals surface area contributed by atoms with Gasteiger partial charge in [0.2, 0.25) is 0 Å². The number of rotatable bonds is 6. The zero-order valence-electron chi connectivity index (χ0n) is 13.2. The number of amides is 1. The number of halogens is 2. The number of carbonyl (C=O) groups excluding carboxylic acids is 2. The summed E-state index contributed by atoms with van der Waals surface area (Å²) in [6.45, 7) is 1.34. The van der Waals surface area contributed by atoms with Crippen molar-refractivity contribution in [3.8, 4) is 0 Å². The molecule has 1 N–H and O–H groups in total. The van der Waals surface area contributed by atoms with Gasteiger partial charge >= 0.3 is 5.97 Å². The maximum Gasteiger partial charge on any atom is 0.332 e. The van der Waals surface area contributed by atoms with Crippen molar-refractivity contribution < 1.29 is 23.1 Å². The maximum absolute atomic E-state index is 13.5. The first kappa shape index (κ1) is 18.7. The quantitative estimate of drug-likeness (QED) is 0.476. The minimum atomic E-state index is -1.17. The molecule has 0 aliphatic heterocycles. The highest BCUT2D eigenvalue weighted by Crippen LogP contribution is 2.18. The second kappa shape index (κ2) is 8.98. The van der Waals surface area contributed by atoms with Crippen molar-refractivity contribution in [1.29, 1.82) is 0 Å². The maximum atomic E-state index is 13.5. The topological polar surface area (TPSA) is 55.4 Å². The van der Waals surface area contributed by atoms with Gasteiger partial charge in [0.1, 0.15) is 11.6 Å². The second-order valence-electron chi connectivity index (χ2n) is 4.93. The van der Waals surface area contributed by atoms with Crippen molar-refractivity contribution in [3.63, 3.8) is 0 Å². The summed E-state index contributed by atoms with van der Waals surface area (Å²) in [6, 6.07) is 12.0. The van der Waals surface area contributed by atoms with Gasteiger partial charge in [-0.15, -0.1) is 0 Å². The molecule has 0 bridgehead atoms. The summed E-state index contributed by atoms with van der Waals surface area (Å²) < 4.78 is 31.5. The van der Waals surface area contributed by atoms with Crippen LogP contribution in [0.25, 0.3) is 0 Å². The van der Waals surface area contributed by atoms with E-state index in [9.17, 15) is 18.4 Å². The standard InChI is InChI=1S/C18H15F2NO3S/c1-12(18(23)21-16-11-13(19)7-8-15(16)20)24-17(22)9-10-25-14-5-3-2-4-6-14/h2-12H,1H3,(H,21,23)/b10-9+/t12-/m0/s1. The number of carbonyl (C=O) groups is 2. The van der Waals surface area contributed by atoms with Crippen LogP contribution in [0.3, 0.4) is 0 Å². The van der Waals surface area contributed by atoms with E-state index in [0.717, 1.165) is 23.1 Å². The van der Waals surface area contributed by atoms with Gasteiger partial charge in [-0.3, -0.25) is 4.79 Å². The third-order valence-electron chi connectivity index (χ3n) is 3.00. The van der Waals surface area contributed by atoms with Crippen molar-refractivity contribution >= 4 is 29.3 Å². The van der Waals surface area contributed by atoms with Crippen LogP contribution in [-0.2, 0) is 14.3 Å². The Balaban J connectivity index is 1.85. The molecular weight excluding hydrogens is 348 g/mol. The number of nitrogens with one attached hydrogen (secondary N) is 1. The SMILES string of the molecule is C[C@H](OC(=O)/C=C/Sc1ccccc1)C(=O)Nc1cc(F)ccc1F. The Kier molecular flexibility index (Phi) is 6.71. The van der Waals surface area contributed by atoms with Crippen LogP contribution in [0, 0.1) is 11.6 Å². The molecule has 7 heteroatoms. The zero-order chi connectivity index (χ0) is 18.2. The smallest absolute Gasteiger partial charge is 0.332 e. The number of thioether (sulfide) groups is 1. The molecule has 0 saturated carbocycles. The Hall–Kier alpha value is -2.67. The van der Waals surface area contributed by atoms with Gasteiger partial charge in [-0.05, 0) is 36.6 Å². The van der Waals surface area contributed by atoms with Crippen molar-refractivity contribution in [2.24, 2.45) is 0 Å². The Morgan fingerprint density at radius 3 is 2.60 bits per heavy atom.